The zero-order chi connectivity index (χ0) is 19.8. The zero-order valence-corrected chi connectivity index (χ0v) is 17.0. The number of nitrogens with one attached hydrogen (secondary N) is 2. The molecule has 1 aromatic carbocycles. The van der Waals surface area contributed by atoms with Gasteiger partial charge < -0.3 is 15.4 Å². The van der Waals surface area contributed by atoms with E-state index in [9.17, 15) is 9.59 Å². The molecule has 0 bridgehead atoms. The molecule has 28 heavy (non-hydrogen) atoms. The number of carbonyl (C=O) groups is 2. The maximum Gasteiger partial charge on any atom is 0.252 e. The Morgan fingerprint density at radius 2 is 2.11 bits per heavy atom. The second-order valence-corrected chi connectivity index (χ2v) is 7.81. The van der Waals surface area contributed by atoms with E-state index in [1.165, 1.54) is 16.9 Å². The lowest BCUT2D eigenvalue weighted by Gasteiger charge is -2.31. The third-order valence-electron chi connectivity index (χ3n) is 4.63. The van der Waals surface area contributed by atoms with Gasteiger partial charge in [0.25, 0.3) is 5.91 Å². The molecule has 7 heteroatoms. The van der Waals surface area contributed by atoms with Crippen molar-refractivity contribution in [3.8, 4) is 0 Å². The molecule has 1 aromatic heterocycles. The minimum atomic E-state index is -0.140. The molecule has 2 heterocycles. The Morgan fingerprint density at radius 3 is 2.89 bits per heavy atom. The van der Waals surface area contributed by atoms with Crippen LogP contribution in [0.25, 0.3) is 0 Å². The van der Waals surface area contributed by atoms with Crippen LogP contribution in [0, 0.1) is 0 Å². The summed E-state index contributed by atoms with van der Waals surface area (Å²) in [6, 6.07) is 10.1. The third kappa shape index (κ3) is 6.44. The van der Waals surface area contributed by atoms with Crippen molar-refractivity contribution in [3.63, 3.8) is 0 Å². The number of hydrogen-bond donors (Lipinski definition) is 2. The summed E-state index contributed by atoms with van der Waals surface area (Å²) < 4.78 is 5.59. The summed E-state index contributed by atoms with van der Waals surface area (Å²) in [6.07, 6.45) is 0.540. The van der Waals surface area contributed by atoms with Gasteiger partial charge in [-0.15, -0.1) is 0 Å². The summed E-state index contributed by atoms with van der Waals surface area (Å²) in [7, 11) is 0. The quantitative estimate of drug-likeness (QED) is 0.713. The van der Waals surface area contributed by atoms with Gasteiger partial charge in [0.1, 0.15) is 0 Å². The lowest BCUT2D eigenvalue weighted by molar-refractivity contribution is -0.121. The molecule has 0 radical (unpaired) electrons. The smallest absolute Gasteiger partial charge is 0.252 e. The van der Waals surface area contributed by atoms with Crippen molar-refractivity contribution in [2.45, 2.75) is 32.5 Å². The van der Waals surface area contributed by atoms with Crippen LogP contribution in [0.2, 0.25) is 0 Å². The summed E-state index contributed by atoms with van der Waals surface area (Å²) in [5.74, 6) is -0.211. The molecule has 1 unspecified atom stereocenters. The molecule has 2 amide bonds. The number of ether oxygens (including phenoxy) is 1. The number of amides is 2. The topological polar surface area (TPSA) is 70.7 Å². The van der Waals surface area contributed by atoms with Crippen LogP contribution in [0.5, 0.6) is 0 Å². The van der Waals surface area contributed by atoms with E-state index >= 15 is 0 Å². The number of nitrogens with zero attached hydrogens (tertiary/aromatic N) is 1. The van der Waals surface area contributed by atoms with Gasteiger partial charge in [0, 0.05) is 50.1 Å². The monoisotopic (exact) mass is 401 g/mol. The first-order valence-corrected chi connectivity index (χ1v) is 10.5. The summed E-state index contributed by atoms with van der Waals surface area (Å²) in [6.45, 7) is 6.48. The van der Waals surface area contributed by atoms with Crippen LogP contribution in [-0.2, 0) is 22.6 Å². The number of hydrogen-bond acceptors (Lipinski definition) is 5. The lowest BCUT2D eigenvalue weighted by atomic mass is 10.1. The SMILES string of the molecule is CC1CN(Cc2cccc(CNC(=O)CCNC(=O)c3ccsc3)c2)CCO1. The molecular formula is C21H27N3O3S. The summed E-state index contributed by atoms with van der Waals surface area (Å²) in [5.41, 5.74) is 2.95. The summed E-state index contributed by atoms with van der Waals surface area (Å²) in [4.78, 5) is 26.3. The van der Waals surface area contributed by atoms with Gasteiger partial charge in [-0.2, -0.15) is 11.3 Å². The van der Waals surface area contributed by atoms with Gasteiger partial charge in [-0.05, 0) is 29.5 Å². The Kier molecular flexibility index (Phi) is 7.59. The molecular weight excluding hydrogens is 374 g/mol. The fourth-order valence-electron chi connectivity index (χ4n) is 3.20. The van der Waals surface area contributed by atoms with Gasteiger partial charge in [-0.25, -0.2) is 0 Å². The number of carbonyl (C=O) groups excluding carboxylic acids is 2. The van der Waals surface area contributed by atoms with E-state index in [4.69, 9.17) is 4.74 Å². The standard InChI is InChI=1S/C21H27N3O3S/c1-16-13-24(8-9-27-16)14-18-4-2-3-17(11-18)12-23-20(25)5-7-22-21(26)19-6-10-28-15-19/h2-4,6,10-11,15-16H,5,7-9,12-14H2,1H3,(H,22,26)(H,23,25). The summed E-state index contributed by atoms with van der Waals surface area (Å²) >= 11 is 1.48. The van der Waals surface area contributed by atoms with Crippen LogP contribution in [0.3, 0.4) is 0 Å². The molecule has 3 rings (SSSR count). The second kappa shape index (κ2) is 10.4. The Hall–Kier alpha value is -2.22. The number of morpholine rings is 1. The van der Waals surface area contributed by atoms with Crippen LogP contribution in [-0.4, -0.2) is 49.1 Å². The molecule has 1 atom stereocenters. The van der Waals surface area contributed by atoms with Gasteiger partial charge in [0.2, 0.25) is 5.91 Å². The Morgan fingerprint density at radius 1 is 1.25 bits per heavy atom. The molecule has 1 aliphatic heterocycles. The first kappa shape index (κ1) is 20.5. The van der Waals surface area contributed by atoms with Crippen molar-refractivity contribution in [3.05, 3.63) is 57.8 Å². The van der Waals surface area contributed by atoms with Crippen LogP contribution in [0.1, 0.15) is 34.8 Å². The maximum absolute atomic E-state index is 12.0. The van der Waals surface area contributed by atoms with Crippen molar-refractivity contribution in [2.24, 2.45) is 0 Å². The average Bonchev–Trinajstić information content (AvgIpc) is 3.22. The molecule has 0 saturated carbocycles. The first-order chi connectivity index (χ1) is 13.6. The predicted molar refractivity (Wildman–Crippen MR) is 110 cm³/mol. The Labute approximate surface area is 169 Å². The molecule has 2 aromatic rings. The highest BCUT2D eigenvalue weighted by molar-refractivity contribution is 7.08. The highest BCUT2D eigenvalue weighted by Crippen LogP contribution is 2.12. The van der Waals surface area contributed by atoms with E-state index in [-0.39, 0.29) is 24.3 Å². The van der Waals surface area contributed by atoms with Crippen molar-refractivity contribution in [2.75, 3.05) is 26.2 Å². The van der Waals surface area contributed by atoms with Crippen LogP contribution in [0.4, 0.5) is 0 Å². The van der Waals surface area contributed by atoms with E-state index in [0.717, 1.165) is 31.8 Å². The molecule has 6 nitrogen and oxygen atoms in total. The largest absolute Gasteiger partial charge is 0.376 e. The van der Waals surface area contributed by atoms with Crippen LogP contribution >= 0.6 is 11.3 Å². The fraction of sp³-hybridized carbons (Fsp3) is 0.429. The fourth-order valence-corrected chi connectivity index (χ4v) is 3.84. The molecule has 0 aliphatic carbocycles. The highest BCUT2D eigenvalue weighted by atomic mass is 32.1. The first-order valence-electron chi connectivity index (χ1n) is 9.59. The normalized spacial score (nSPS) is 17.2. The van der Waals surface area contributed by atoms with Gasteiger partial charge >= 0.3 is 0 Å². The van der Waals surface area contributed by atoms with E-state index in [0.29, 0.717) is 18.7 Å². The van der Waals surface area contributed by atoms with Crippen molar-refractivity contribution in [1.82, 2.24) is 15.5 Å². The number of benzene rings is 1. The van der Waals surface area contributed by atoms with Crippen LogP contribution in [0.15, 0.2) is 41.1 Å². The van der Waals surface area contributed by atoms with Crippen molar-refractivity contribution in [1.29, 1.82) is 0 Å². The second-order valence-electron chi connectivity index (χ2n) is 7.03. The molecule has 1 fully saturated rings. The van der Waals surface area contributed by atoms with E-state index in [1.54, 1.807) is 11.4 Å². The van der Waals surface area contributed by atoms with Gasteiger partial charge in [0.15, 0.2) is 0 Å². The minimum Gasteiger partial charge on any atom is -0.376 e. The van der Waals surface area contributed by atoms with Gasteiger partial charge in [-0.3, -0.25) is 14.5 Å². The van der Waals surface area contributed by atoms with Crippen molar-refractivity contribution < 1.29 is 14.3 Å². The molecule has 1 aliphatic rings. The van der Waals surface area contributed by atoms with E-state index in [1.807, 2.05) is 17.5 Å². The van der Waals surface area contributed by atoms with Gasteiger partial charge in [0.05, 0.1) is 12.7 Å². The Balaban J connectivity index is 1.39. The van der Waals surface area contributed by atoms with Crippen molar-refractivity contribution >= 4 is 23.2 Å². The molecule has 2 N–H and O–H groups in total. The van der Waals surface area contributed by atoms with E-state index < -0.39 is 0 Å². The third-order valence-corrected chi connectivity index (χ3v) is 5.32. The average molecular weight is 402 g/mol. The van der Waals surface area contributed by atoms with Gasteiger partial charge in [-0.1, -0.05) is 24.3 Å². The molecule has 0 spiro atoms. The Bertz CT molecular complexity index is 779. The highest BCUT2D eigenvalue weighted by Gasteiger charge is 2.16. The summed E-state index contributed by atoms with van der Waals surface area (Å²) in [5, 5.41) is 9.34. The molecule has 1 saturated heterocycles. The maximum atomic E-state index is 12.0. The predicted octanol–water partition coefficient (Wildman–Crippen LogP) is 2.41. The van der Waals surface area contributed by atoms with E-state index in [2.05, 4.69) is 34.6 Å². The number of rotatable bonds is 8. The van der Waals surface area contributed by atoms with Crippen LogP contribution < -0.4 is 10.6 Å². The number of thiophene rings is 1. The zero-order valence-electron chi connectivity index (χ0n) is 16.1. The lowest BCUT2D eigenvalue weighted by Crippen LogP contribution is -2.40. The minimum absolute atomic E-state index is 0.0713. The molecule has 150 valence electrons.